The molecule has 0 atom stereocenters. The van der Waals surface area contributed by atoms with Crippen LogP contribution in [0.1, 0.15) is 21.6 Å². The van der Waals surface area contributed by atoms with Crippen LogP contribution >= 0.6 is 0 Å². The van der Waals surface area contributed by atoms with Crippen molar-refractivity contribution in [2.24, 2.45) is 0 Å². The van der Waals surface area contributed by atoms with Crippen molar-refractivity contribution >= 4 is 11.7 Å². The number of amides is 1. The fraction of sp³-hybridized carbons (Fsp3) is 0.421. The number of aromatic nitrogens is 2. The van der Waals surface area contributed by atoms with Gasteiger partial charge in [-0.2, -0.15) is 0 Å². The average Bonchev–Trinajstić information content (AvgIpc) is 2.65. The molecule has 26 heavy (non-hydrogen) atoms. The van der Waals surface area contributed by atoms with E-state index in [2.05, 4.69) is 26.3 Å². The van der Waals surface area contributed by atoms with E-state index in [1.807, 2.05) is 26.0 Å². The van der Waals surface area contributed by atoms with Gasteiger partial charge in [-0.1, -0.05) is 6.07 Å². The zero-order chi connectivity index (χ0) is 18.4. The number of hydrogen-bond donors (Lipinski definition) is 1. The number of nitrogens with one attached hydrogen (secondary N) is 1. The van der Waals surface area contributed by atoms with Crippen LogP contribution in [0.15, 0.2) is 30.6 Å². The highest BCUT2D eigenvalue weighted by Crippen LogP contribution is 2.16. The van der Waals surface area contributed by atoms with Crippen molar-refractivity contribution in [3.8, 4) is 5.75 Å². The van der Waals surface area contributed by atoms with E-state index in [9.17, 15) is 4.79 Å². The number of carbonyl (C=O) groups excluding carboxylic acids is 1. The van der Waals surface area contributed by atoms with Crippen molar-refractivity contribution < 1.29 is 14.3 Å². The molecule has 0 unspecified atom stereocenters. The zero-order valence-electron chi connectivity index (χ0n) is 15.2. The Morgan fingerprint density at radius 2 is 1.88 bits per heavy atom. The van der Waals surface area contributed by atoms with Gasteiger partial charge in [0.2, 0.25) is 0 Å². The van der Waals surface area contributed by atoms with Crippen molar-refractivity contribution in [2.75, 3.05) is 44.4 Å². The number of morpholine rings is 1. The Balaban J connectivity index is 1.50. The summed E-state index contributed by atoms with van der Waals surface area (Å²) in [5.41, 5.74) is 2.66. The van der Waals surface area contributed by atoms with Crippen LogP contribution in [0.3, 0.4) is 0 Å². The monoisotopic (exact) mass is 356 g/mol. The third kappa shape index (κ3) is 4.92. The third-order valence-electron chi connectivity index (χ3n) is 4.07. The molecule has 2 heterocycles. The number of nitrogens with zero attached hydrogens (tertiary/aromatic N) is 3. The Kier molecular flexibility index (Phi) is 6.01. The molecule has 1 aliphatic heterocycles. The van der Waals surface area contributed by atoms with Gasteiger partial charge in [0.25, 0.3) is 5.91 Å². The summed E-state index contributed by atoms with van der Waals surface area (Å²) in [6.45, 7) is 7.73. The molecule has 7 heteroatoms. The van der Waals surface area contributed by atoms with Gasteiger partial charge >= 0.3 is 0 Å². The van der Waals surface area contributed by atoms with Crippen LogP contribution in [0.25, 0.3) is 0 Å². The largest absolute Gasteiger partial charge is 0.492 e. The summed E-state index contributed by atoms with van der Waals surface area (Å²) in [5.74, 6) is 1.33. The van der Waals surface area contributed by atoms with Gasteiger partial charge in [-0.25, -0.2) is 9.97 Å². The quantitative estimate of drug-likeness (QED) is 0.795. The predicted octanol–water partition coefficient (Wildman–Crippen LogP) is 1.74. The topological polar surface area (TPSA) is 76.6 Å². The summed E-state index contributed by atoms with van der Waals surface area (Å²) >= 11 is 0. The molecule has 138 valence electrons. The van der Waals surface area contributed by atoms with Crippen LogP contribution in [-0.2, 0) is 4.74 Å². The van der Waals surface area contributed by atoms with E-state index in [0.717, 1.165) is 35.8 Å². The molecule has 1 aromatic carbocycles. The maximum atomic E-state index is 12.3. The first-order chi connectivity index (χ1) is 12.6. The second-order valence-electron chi connectivity index (χ2n) is 6.29. The smallest absolute Gasteiger partial charge is 0.270 e. The minimum atomic E-state index is -0.231. The van der Waals surface area contributed by atoms with Crippen molar-refractivity contribution in [2.45, 2.75) is 13.8 Å². The molecule has 2 aromatic rings. The lowest BCUT2D eigenvalue weighted by molar-refractivity contribution is 0.0941. The van der Waals surface area contributed by atoms with Crippen LogP contribution in [-0.4, -0.2) is 55.3 Å². The summed E-state index contributed by atoms with van der Waals surface area (Å²) < 4.78 is 11.0. The Hall–Kier alpha value is -2.67. The number of rotatable bonds is 6. The fourth-order valence-corrected chi connectivity index (χ4v) is 2.88. The van der Waals surface area contributed by atoms with Crippen molar-refractivity contribution in [1.29, 1.82) is 0 Å². The normalized spacial score (nSPS) is 14.2. The first-order valence-electron chi connectivity index (χ1n) is 8.76. The van der Waals surface area contributed by atoms with Crippen molar-refractivity contribution in [3.05, 3.63) is 47.4 Å². The van der Waals surface area contributed by atoms with E-state index in [-0.39, 0.29) is 5.91 Å². The summed E-state index contributed by atoms with van der Waals surface area (Å²) in [6, 6.07) is 7.77. The van der Waals surface area contributed by atoms with Crippen LogP contribution < -0.4 is 15.0 Å². The molecule has 1 aromatic heterocycles. The zero-order valence-corrected chi connectivity index (χ0v) is 15.2. The van der Waals surface area contributed by atoms with Crippen LogP contribution in [0.2, 0.25) is 0 Å². The van der Waals surface area contributed by atoms with Gasteiger partial charge in [-0.15, -0.1) is 0 Å². The van der Waals surface area contributed by atoms with E-state index in [1.54, 1.807) is 6.07 Å². The minimum absolute atomic E-state index is 0.231. The Morgan fingerprint density at radius 3 is 2.62 bits per heavy atom. The third-order valence-corrected chi connectivity index (χ3v) is 4.07. The average molecular weight is 356 g/mol. The number of benzene rings is 1. The molecule has 0 spiro atoms. The Bertz CT molecular complexity index is 740. The van der Waals surface area contributed by atoms with E-state index in [4.69, 9.17) is 9.47 Å². The van der Waals surface area contributed by atoms with Gasteiger partial charge in [0.15, 0.2) is 0 Å². The summed E-state index contributed by atoms with van der Waals surface area (Å²) in [6.07, 6.45) is 1.42. The molecular weight excluding hydrogens is 332 g/mol. The molecule has 0 radical (unpaired) electrons. The van der Waals surface area contributed by atoms with E-state index >= 15 is 0 Å². The SMILES string of the molecule is Cc1cc(C)cc(OCCNC(=O)c2cc(N3CCOCC3)ncn2)c1. The van der Waals surface area contributed by atoms with E-state index in [0.29, 0.717) is 32.1 Å². The van der Waals surface area contributed by atoms with E-state index < -0.39 is 0 Å². The highest BCUT2D eigenvalue weighted by molar-refractivity contribution is 5.92. The van der Waals surface area contributed by atoms with Crippen LogP contribution in [0, 0.1) is 13.8 Å². The molecule has 0 saturated carbocycles. The number of carbonyl (C=O) groups is 1. The number of ether oxygens (including phenoxy) is 2. The lowest BCUT2D eigenvalue weighted by Gasteiger charge is -2.27. The number of aryl methyl sites for hydroxylation is 2. The molecule has 0 bridgehead atoms. The lowest BCUT2D eigenvalue weighted by atomic mass is 10.1. The van der Waals surface area contributed by atoms with Gasteiger partial charge in [0.1, 0.15) is 30.2 Å². The van der Waals surface area contributed by atoms with Gasteiger partial charge in [-0.3, -0.25) is 4.79 Å². The summed E-state index contributed by atoms with van der Waals surface area (Å²) in [4.78, 5) is 22.7. The number of hydrogen-bond acceptors (Lipinski definition) is 6. The van der Waals surface area contributed by atoms with E-state index in [1.165, 1.54) is 6.33 Å². The molecule has 3 rings (SSSR count). The van der Waals surface area contributed by atoms with Gasteiger partial charge in [0, 0.05) is 19.2 Å². The van der Waals surface area contributed by atoms with Gasteiger partial charge < -0.3 is 19.7 Å². The predicted molar refractivity (Wildman–Crippen MR) is 98.8 cm³/mol. The minimum Gasteiger partial charge on any atom is -0.492 e. The number of anilines is 1. The first kappa shape index (κ1) is 18.1. The first-order valence-corrected chi connectivity index (χ1v) is 8.76. The molecule has 1 saturated heterocycles. The Labute approximate surface area is 153 Å². The molecule has 1 aliphatic rings. The highest BCUT2D eigenvalue weighted by atomic mass is 16.5. The molecule has 1 fully saturated rings. The summed E-state index contributed by atoms with van der Waals surface area (Å²) in [5, 5.41) is 2.83. The maximum Gasteiger partial charge on any atom is 0.270 e. The highest BCUT2D eigenvalue weighted by Gasteiger charge is 2.15. The molecule has 1 N–H and O–H groups in total. The summed E-state index contributed by atoms with van der Waals surface area (Å²) in [7, 11) is 0. The lowest BCUT2D eigenvalue weighted by Crippen LogP contribution is -2.37. The fourth-order valence-electron chi connectivity index (χ4n) is 2.88. The molecule has 1 amide bonds. The van der Waals surface area contributed by atoms with Gasteiger partial charge in [0.05, 0.1) is 19.8 Å². The van der Waals surface area contributed by atoms with Crippen LogP contribution in [0.5, 0.6) is 5.75 Å². The van der Waals surface area contributed by atoms with Crippen molar-refractivity contribution in [3.63, 3.8) is 0 Å². The molecule has 7 nitrogen and oxygen atoms in total. The standard InChI is InChI=1S/C19H24N4O3/c1-14-9-15(2)11-16(10-14)26-6-3-20-19(24)17-12-18(22-13-21-17)23-4-7-25-8-5-23/h9-13H,3-8H2,1-2H3,(H,20,24). The second-order valence-corrected chi connectivity index (χ2v) is 6.29. The maximum absolute atomic E-state index is 12.3. The van der Waals surface area contributed by atoms with Gasteiger partial charge in [-0.05, 0) is 37.1 Å². The van der Waals surface area contributed by atoms with Crippen molar-refractivity contribution in [1.82, 2.24) is 15.3 Å². The molecule has 0 aliphatic carbocycles. The second kappa shape index (κ2) is 8.62. The van der Waals surface area contributed by atoms with Crippen LogP contribution in [0.4, 0.5) is 5.82 Å². The molecular formula is C19H24N4O3. The Morgan fingerprint density at radius 1 is 1.15 bits per heavy atom.